The Morgan fingerprint density at radius 1 is 0.955 bits per heavy atom. The Morgan fingerprint density at radius 2 is 1.68 bits per heavy atom. The molecule has 0 fully saturated rings. The third-order valence-corrected chi connectivity index (χ3v) is 3.71. The number of para-hydroxylation sites is 3. The Morgan fingerprint density at radius 3 is 2.50 bits per heavy atom. The molecule has 114 valence electrons. The largest absolute Gasteiger partial charge is 0.490 e. The highest BCUT2D eigenvalue weighted by atomic mass is 16.5. The summed E-state index contributed by atoms with van der Waals surface area (Å²) >= 11 is 0. The van der Waals surface area contributed by atoms with Crippen molar-refractivity contribution in [2.45, 2.75) is 6.42 Å². The first-order valence-corrected chi connectivity index (χ1v) is 7.39. The molecule has 0 aromatic heterocycles. The van der Waals surface area contributed by atoms with Gasteiger partial charge in [0, 0.05) is 19.0 Å². The van der Waals surface area contributed by atoms with E-state index in [-0.39, 0.29) is 12.4 Å². The van der Waals surface area contributed by atoms with E-state index in [1.807, 2.05) is 42.5 Å². The van der Waals surface area contributed by atoms with Crippen LogP contribution in [0.3, 0.4) is 0 Å². The summed E-state index contributed by atoms with van der Waals surface area (Å²) in [6.45, 7) is 2.02. The van der Waals surface area contributed by atoms with Crippen LogP contribution in [0.2, 0.25) is 0 Å². The number of carbonyl (C=O) groups excluding carboxylic acids is 1. The van der Waals surface area contributed by atoms with Crippen molar-refractivity contribution >= 4 is 11.5 Å². The number of rotatable bonds is 0. The van der Waals surface area contributed by atoms with Gasteiger partial charge < -0.3 is 14.4 Å². The van der Waals surface area contributed by atoms with E-state index in [1.54, 1.807) is 0 Å². The van der Waals surface area contributed by atoms with Gasteiger partial charge in [-0.15, -0.1) is 0 Å². The summed E-state index contributed by atoms with van der Waals surface area (Å²) in [7, 11) is 2.08. The number of carbonyl (C=O) groups is 1. The molecule has 0 amide bonds. The van der Waals surface area contributed by atoms with Crippen molar-refractivity contribution < 1.29 is 14.3 Å². The van der Waals surface area contributed by atoms with Crippen LogP contribution in [-0.2, 0) is 11.2 Å². The van der Waals surface area contributed by atoms with Crippen LogP contribution < -0.4 is 14.4 Å². The van der Waals surface area contributed by atoms with Crippen molar-refractivity contribution in [2.24, 2.45) is 0 Å². The molecule has 0 N–H and O–H groups in total. The summed E-state index contributed by atoms with van der Waals surface area (Å²) in [5, 5.41) is 0. The van der Waals surface area contributed by atoms with Crippen molar-refractivity contribution in [2.75, 3.05) is 31.7 Å². The highest BCUT2D eigenvalue weighted by molar-refractivity contribution is 5.84. The van der Waals surface area contributed by atoms with Gasteiger partial charge in [-0.3, -0.25) is 4.79 Å². The second-order valence-electron chi connectivity index (χ2n) is 5.35. The van der Waals surface area contributed by atoms with Crippen LogP contribution in [0.4, 0.5) is 5.69 Å². The first-order valence-electron chi connectivity index (χ1n) is 7.39. The van der Waals surface area contributed by atoms with Crippen molar-refractivity contribution in [1.82, 2.24) is 0 Å². The second-order valence-corrected chi connectivity index (χ2v) is 5.35. The van der Waals surface area contributed by atoms with E-state index in [0.717, 1.165) is 30.2 Å². The number of fused-ring (bicyclic) bond motifs is 2. The molecule has 0 aliphatic carbocycles. The zero-order valence-corrected chi connectivity index (χ0v) is 12.6. The predicted molar refractivity (Wildman–Crippen MR) is 85.9 cm³/mol. The van der Waals surface area contributed by atoms with Crippen molar-refractivity contribution in [3.8, 4) is 11.5 Å². The molecule has 2 aromatic carbocycles. The van der Waals surface area contributed by atoms with E-state index >= 15 is 0 Å². The minimum atomic E-state index is 0.156. The summed E-state index contributed by atoms with van der Waals surface area (Å²) in [6.07, 6.45) is 0.524. The topological polar surface area (TPSA) is 38.8 Å². The molecule has 0 radical (unpaired) electrons. The van der Waals surface area contributed by atoms with Gasteiger partial charge in [0.25, 0.3) is 0 Å². The maximum Gasteiger partial charge on any atom is 0.174 e. The van der Waals surface area contributed by atoms with Crippen LogP contribution in [0.5, 0.6) is 11.5 Å². The van der Waals surface area contributed by atoms with Gasteiger partial charge in [-0.25, -0.2) is 0 Å². The number of anilines is 1. The average molecular weight is 297 g/mol. The maximum atomic E-state index is 10.9. The number of benzene rings is 2. The van der Waals surface area contributed by atoms with Crippen LogP contribution >= 0.6 is 0 Å². The normalized spacial score (nSPS) is 15.5. The number of Topliss-reactive ketones (excluding diaryl/α,β-unsaturated/α-hetero) is 1. The van der Waals surface area contributed by atoms with Crippen LogP contribution in [0.1, 0.15) is 5.56 Å². The van der Waals surface area contributed by atoms with E-state index in [0.29, 0.717) is 6.42 Å². The van der Waals surface area contributed by atoms with Crippen LogP contribution in [-0.4, -0.2) is 32.6 Å². The lowest BCUT2D eigenvalue weighted by Gasteiger charge is -2.27. The molecule has 0 spiro atoms. The van der Waals surface area contributed by atoms with Crippen molar-refractivity contribution in [3.05, 3.63) is 54.1 Å². The van der Waals surface area contributed by atoms with Gasteiger partial charge in [-0.2, -0.15) is 0 Å². The summed E-state index contributed by atoms with van der Waals surface area (Å²) in [4.78, 5) is 13.1. The Kier molecular flexibility index (Phi) is 4.28. The number of ketones is 1. The number of hydrogen-bond acceptors (Lipinski definition) is 4. The molecule has 0 atom stereocenters. The van der Waals surface area contributed by atoms with Crippen molar-refractivity contribution in [1.29, 1.82) is 0 Å². The van der Waals surface area contributed by atoms with E-state index < -0.39 is 0 Å². The molecule has 2 aromatic rings. The third-order valence-electron chi connectivity index (χ3n) is 3.71. The van der Waals surface area contributed by atoms with Gasteiger partial charge >= 0.3 is 0 Å². The summed E-state index contributed by atoms with van der Waals surface area (Å²) in [6, 6.07) is 15.8. The highest BCUT2D eigenvalue weighted by Crippen LogP contribution is 2.29. The first-order chi connectivity index (χ1) is 10.7. The summed E-state index contributed by atoms with van der Waals surface area (Å²) < 4.78 is 10.6. The van der Waals surface area contributed by atoms with Crippen LogP contribution in [0.15, 0.2) is 48.5 Å². The number of hydrogen-bond donors (Lipinski definition) is 0. The lowest BCUT2D eigenvalue weighted by atomic mass is 10.1. The number of nitrogens with zero attached hydrogens (tertiary/aromatic N) is 1. The molecular formula is C18H19NO3. The zero-order valence-electron chi connectivity index (χ0n) is 12.6. The monoisotopic (exact) mass is 297 g/mol. The molecule has 4 nitrogen and oxygen atoms in total. The van der Waals surface area contributed by atoms with E-state index in [4.69, 9.17) is 9.47 Å². The molecule has 0 unspecified atom stereocenters. The van der Waals surface area contributed by atoms with Gasteiger partial charge in [0.15, 0.2) is 5.78 Å². The minimum Gasteiger partial charge on any atom is -0.490 e. The lowest BCUT2D eigenvalue weighted by molar-refractivity contribution is -0.121. The Balaban J connectivity index is 0.000000131. The van der Waals surface area contributed by atoms with Crippen LogP contribution in [0, 0.1) is 0 Å². The molecule has 4 rings (SSSR count). The fraction of sp³-hybridized carbons (Fsp3) is 0.278. The Labute approximate surface area is 130 Å². The van der Waals surface area contributed by atoms with Gasteiger partial charge in [-0.05, 0) is 18.2 Å². The van der Waals surface area contributed by atoms with E-state index in [2.05, 4.69) is 18.0 Å². The predicted octanol–water partition coefficient (Wildman–Crippen LogP) is 2.71. The fourth-order valence-corrected chi connectivity index (χ4v) is 2.52. The molecule has 0 saturated heterocycles. The molecule has 2 aliphatic heterocycles. The minimum absolute atomic E-state index is 0.156. The summed E-state index contributed by atoms with van der Waals surface area (Å²) in [5.41, 5.74) is 2.20. The van der Waals surface area contributed by atoms with Gasteiger partial charge in [0.05, 0.1) is 12.2 Å². The maximum absolute atomic E-state index is 10.9. The molecule has 2 aliphatic rings. The van der Waals surface area contributed by atoms with Gasteiger partial charge in [0.2, 0.25) is 0 Å². The van der Waals surface area contributed by atoms with E-state index in [1.165, 1.54) is 5.69 Å². The van der Waals surface area contributed by atoms with Gasteiger partial charge in [-0.1, -0.05) is 30.3 Å². The molecular weight excluding hydrogens is 278 g/mol. The lowest BCUT2D eigenvalue weighted by Crippen LogP contribution is -2.28. The SMILES string of the molecule is CN1CCOc2ccccc21.O=C1COc2ccccc2C1. The quantitative estimate of drug-likeness (QED) is 0.749. The Bertz CT molecular complexity index is 669. The smallest absolute Gasteiger partial charge is 0.174 e. The average Bonchev–Trinajstić information content (AvgIpc) is 2.56. The first kappa shape index (κ1) is 14.4. The van der Waals surface area contributed by atoms with Crippen molar-refractivity contribution in [3.63, 3.8) is 0 Å². The zero-order chi connectivity index (χ0) is 15.4. The third kappa shape index (κ3) is 3.22. The number of ether oxygens (including phenoxy) is 2. The standard InChI is InChI=1S/C9H11NO.C9H8O2/c1-10-6-7-11-9-5-3-2-4-8(9)10;10-8-5-7-3-1-2-4-9(7)11-6-8/h2-5H,6-7H2,1H3;1-4H,5-6H2. The molecule has 2 heterocycles. The summed E-state index contributed by atoms with van der Waals surface area (Å²) in [5.74, 6) is 2.01. The van der Waals surface area contributed by atoms with Gasteiger partial charge in [0.1, 0.15) is 24.7 Å². The fourth-order valence-electron chi connectivity index (χ4n) is 2.52. The number of likely N-dealkylation sites (N-methyl/N-ethyl adjacent to an activating group) is 1. The Hall–Kier alpha value is -2.49. The molecule has 4 heteroatoms. The molecule has 0 bridgehead atoms. The van der Waals surface area contributed by atoms with E-state index in [9.17, 15) is 4.79 Å². The molecule has 22 heavy (non-hydrogen) atoms. The second kappa shape index (κ2) is 6.52. The highest BCUT2D eigenvalue weighted by Gasteiger charge is 2.15. The van der Waals surface area contributed by atoms with Crippen LogP contribution in [0.25, 0.3) is 0 Å². The molecule has 0 saturated carbocycles.